The van der Waals surface area contributed by atoms with Crippen molar-refractivity contribution >= 4 is 5.97 Å². The van der Waals surface area contributed by atoms with Gasteiger partial charge in [0, 0.05) is 13.1 Å². The molecule has 0 aliphatic carbocycles. The second-order valence-corrected chi connectivity index (χ2v) is 3.22. The normalized spacial score (nSPS) is 19.7. The van der Waals surface area contributed by atoms with Gasteiger partial charge < -0.3 is 10.0 Å². The van der Waals surface area contributed by atoms with Gasteiger partial charge in [0.1, 0.15) is 0 Å². The maximum absolute atomic E-state index is 10.2. The minimum Gasteiger partial charge on any atom is -0.481 e. The lowest BCUT2D eigenvalue weighted by molar-refractivity contribution is -0.139. The lowest BCUT2D eigenvalue weighted by Crippen LogP contribution is -2.47. The van der Waals surface area contributed by atoms with Gasteiger partial charge in [-0.15, -0.1) is 0 Å². The SMILES string of the molecule is CCCN1CC(CC(=O)O)C1. The van der Waals surface area contributed by atoms with Gasteiger partial charge in [0.05, 0.1) is 6.42 Å². The third-order valence-electron chi connectivity index (χ3n) is 2.04. The summed E-state index contributed by atoms with van der Waals surface area (Å²) in [5, 5.41) is 8.45. The third kappa shape index (κ3) is 2.50. The van der Waals surface area contributed by atoms with Crippen LogP contribution in [0.1, 0.15) is 19.8 Å². The van der Waals surface area contributed by atoms with Crippen LogP contribution in [0.2, 0.25) is 0 Å². The van der Waals surface area contributed by atoms with Crippen LogP contribution < -0.4 is 0 Å². The van der Waals surface area contributed by atoms with Crippen LogP contribution in [0.4, 0.5) is 0 Å². The Kier molecular flexibility index (Phi) is 2.88. The highest BCUT2D eigenvalue weighted by molar-refractivity contribution is 5.67. The zero-order chi connectivity index (χ0) is 8.27. The molecule has 3 nitrogen and oxygen atoms in total. The van der Waals surface area contributed by atoms with Crippen LogP contribution in [-0.4, -0.2) is 35.6 Å². The third-order valence-corrected chi connectivity index (χ3v) is 2.04. The van der Waals surface area contributed by atoms with Gasteiger partial charge in [0.15, 0.2) is 0 Å². The fourth-order valence-electron chi connectivity index (χ4n) is 1.55. The molecule has 1 aliphatic heterocycles. The van der Waals surface area contributed by atoms with Crippen LogP contribution >= 0.6 is 0 Å². The standard InChI is InChI=1S/C8H15NO2/c1-2-3-9-5-7(6-9)4-8(10)11/h7H,2-6H2,1H3,(H,10,11). The molecule has 0 bridgehead atoms. The van der Waals surface area contributed by atoms with Gasteiger partial charge in [-0.1, -0.05) is 6.92 Å². The van der Waals surface area contributed by atoms with E-state index in [2.05, 4.69) is 11.8 Å². The Morgan fingerprint density at radius 2 is 2.27 bits per heavy atom. The van der Waals surface area contributed by atoms with E-state index in [0.717, 1.165) is 19.6 Å². The topological polar surface area (TPSA) is 40.5 Å². The van der Waals surface area contributed by atoms with E-state index in [1.807, 2.05) is 0 Å². The highest BCUT2D eigenvalue weighted by Crippen LogP contribution is 2.18. The van der Waals surface area contributed by atoms with Crippen molar-refractivity contribution in [3.63, 3.8) is 0 Å². The fourth-order valence-corrected chi connectivity index (χ4v) is 1.55. The molecule has 0 aromatic carbocycles. The molecule has 1 heterocycles. The summed E-state index contributed by atoms with van der Waals surface area (Å²) in [7, 11) is 0. The lowest BCUT2D eigenvalue weighted by Gasteiger charge is -2.38. The number of likely N-dealkylation sites (tertiary alicyclic amines) is 1. The van der Waals surface area contributed by atoms with E-state index in [1.165, 1.54) is 6.42 Å². The van der Waals surface area contributed by atoms with Crippen molar-refractivity contribution in [2.24, 2.45) is 5.92 Å². The number of hydrogen-bond donors (Lipinski definition) is 1. The Bertz CT molecular complexity index is 141. The maximum atomic E-state index is 10.2. The van der Waals surface area contributed by atoms with Crippen molar-refractivity contribution in [1.29, 1.82) is 0 Å². The second kappa shape index (κ2) is 3.72. The monoisotopic (exact) mass is 157 g/mol. The van der Waals surface area contributed by atoms with Gasteiger partial charge >= 0.3 is 5.97 Å². The summed E-state index contributed by atoms with van der Waals surface area (Å²) in [6, 6.07) is 0. The van der Waals surface area contributed by atoms with Crippen LogP contribution in [0.3, 0.4) is 0 Å². The molecule has 11 heavy (non-hydrogen) atoms. The zero-order valence-electron chi connectivity index (χ0n) is 6.92. The summed E-state index contributed by atoms with van der Waals surface area (Å²) in [6.45, 7) is 5.24. The molecule has 0 aromatic heterocycles. The van der Waals surface area contributed by atoms with Gasteiger partial charge in [-0.2, -0.15) is 0 Å². The molecule has 0 atom stereocenters. The number of rotatable bonds is 4. The van der Waals surface area contributed by atoms with Crippen LogP contribution in [0.25, 0.3) is 0 Å². The van der Waals surface area contributed by atoms with Crippen molar-refractivity contribution in [3.8, 4) is 0 Å². The molecule has 0 radical (unpaired) electrons. The molecule has 1 aliphatic rings. The molecular formula is C8H15NO2. The number of carboxylic acid groups (broad SMARTS) is 1. The first-order valence-electron chi connectivity index (χ1n) is 4.16. The molecule has 0 saturated carbocycles. The molecule has 0 aromatic rings. The number of aliphatic carboxylic acids is 1. The Morgan fingerprint density at radius 3 is 2.73 bits per heavy atom. The van der Waals surface area contributed by atoms with Crippen LogP contribution in [-0.2, 0) is 4.79 Å². The number of nitrogens with zero attached hydrogens (tertiary/aromatic N) is 1. The fraction of sp³-hybridized carbons (Fsp3) is 0.875. The summed E-state index contributed by atoms with van der Waals surface area (Å²) in [6.07, 6.45) is 1.51. The minimum absolute atomic E-state index is 0.347. The largest absolute Gasteiger partial charge is 0.481 e. The van der Waals surface area contributed by atoms with E-state index in [4.69, 9.17) is 5.11 Å². The van der Waals surface area contributed by atoms with Gasteiger partial charge in [-0.05, 0) is 18.9 Å². The average Bonchev–Trinajstić information content (AvgIpc) is 1.82. The first-order chi connectivity index (χ1) is 5.22. The van der Waals surface area contributed by atoms with E-state index >= 15 is 0 Å². The highest BCUT2D eigenvalue weighted by Gasteiger charge is 2.27. The highest BCUT2D eigenvalue weighted by atomic mass is 16.4. The van der Waals surface area contributed by atoms with Crippen LogP contribution in [0.15, 0.2) is 0 Å². The Morgan fingerprint density at radius 1 is 1.64 bits per heavy atom. The molecule has 0 unspecified atom stereocenters. The average molecular weight is 157 g/mol. The van der Waals surface area contributed by atoms with Crippen molar-refractivity contribution < 1.29 is 9.90 Å². The van der Waals surface area contributed by atoms with Crippen LogP contribution in [0.5, 0.6) is 0 Å². The molecule has 1 rings (SSSR count). The summed E-state index contributed by atoms with van der Waals surface area (Å²) >= 11 is 0. The Hall–Kier alpha value is -0.570. The summed E-state index contributed by atoms with van der Waals surface area (Å²) in [4.78, 5) is 12.5. The van der Waals surface area contributed by atoms with Gasteiger partial charge in [-0.25, -0.2) is 0 Å². The second-order valence-electron chi connectivity index (χ2n) is 3.22. The van der Waals surface area contributed by atoms with E-state index in [9.17, 15) is 4.79 Å². The number of carbonyl (C=O) groups is 1. The quantitative estimate of drug-likeness (QED) is 0.656. The van der Waals surface area contributed by atoms with Gasteiger partial charge in [0.25, 0.3) is 0 Å². The summed E-state index contributed by atoms with van der Waals surface area (Å²) < 4.78 is 0. The molecule has 1 N–H and O–H groups in total. The van der Waals surface area contributed by atoms with Crippen molar-refractivity contribution in [3.05, 3.63) is 0 Å². The van der Waals surface area contributed by atoms with Crippen LogP contribution in [0, 0.1) is 5.92 Å². The molecule has 1 saturated heterocycles. The van der Waals surface area contributed by atoms with E-state index in [-0.39, 0.29) is 0 Å². The molecule has 3 heteroatoms. The Balaban J connectivity index is 2.04. The maximum Gasteiger partial charge on any atom is 0.303 e. The summed E-state index contributed by atoms with van der Waals surface area (Å²) in [5.74, 6) is -0.245. The van der Waals surface area contributed by atoms with Crippen molar-refractivity contribution in [2.45, 2.75) is 19.8 Å². The van der Waals surface area contributed by atoms with Crippen molar-refractivity contribution in [2.75, 3.05) is 19.6 Å². The van der Waals surface area contributed by atoms with Crippen molar-refractivity contribution in [1.82, 2.24) is 4.90 Å². The molecule has 64 valence electrons. The predicted octanol–water partition coefficient (Wildman–Crippen LogP) is 0.803. The molecular weight excluding hydrogens is 142 g/mol. The van der Waals surface area contributed by atoms with Gasteiger partial charge in [0.2, 0.25) is 0 Å². The van der Waals surface area contributed by atoms with E-state index in [1.54, 1.807) is 0 Å². The summed E-state index contributed by atoms with van der Waals surface area (Å²) in [5.41, 5.74) is 0. The first-order valence-corrected chi connectivity index (χ1v) is 4.16. The number of hydrogen-bond acceptors (Lipinski definition) is 2. The number of carboxylic acids is 1. The Labute approximate surface area is 67.0 Å². The lowest BCUT2D eigenvalue weighted by atomic mass is 9.96. The smallest absolute Gasteiger partial charge is 0.303 e. The van der Waals surface area contributed by atoms with E-state index < -0.39 is 5.97 Å². The molecule has 1 fully saturated rings. The molecule has 0 spiro atoms. The van der Waals surface area contributed by atoms with E-state index in [0.29, 0.717) is 12.3 Å². The predicted molar refractivity (Wildman–Crippen MR) is 42.5 cm³/mol. The first kappa shape index (κ1) is 8.53. The zero-order valence-corrected chi connectivity index (χ0v) is 6.92. The minimum atomic E-state index is -0.661. The van der Waals surface area contributed by atoms with Gasteiger partial charge in [-0.3, -0.25) is 4.79 Å². The molecule has 0 amide bonds.